The van der Waals surface area contributed by atoms with Crippen LogP contribution in [0.25, 0.3) is 10.8 Å². The van der Waals surface area contributed by atoms with Gasteiger partial charge in [0, 0.05) is 28.6 Å². The molecule has 0 aliphatic rings. The van der Waals surface area contributed by atoms with Crippen LogP contribution in [0.2, 0.25) is 0 Å². The molecular weight excluding hydrogens is 583 g/mol. The zero-order valence-electron chi connectivity index (χ0n) is 24.5. The first-order chi connectivity index (χ1) is 19.1. The number of carbonyl (C=O) groups excluding carboxylic acids is 2. The molecule has 0 saturated carbocycles. The second kappa shape index (κ2) is 13.1. The van der Waals surface area contributed by atoms with Crippen molar-refractivity contribution < 1.29 is 19.4 Å². The highest BCUT2D eigenvalue weighted by molar-refractivity contribution is 6.76. The summed E-state index contributed by atoms with van der Waals surface area (Å²) in [6, 6.07) is 14.6. The number of hydrogen-bond donors (Lipinski definition) is 3. The normalized spacial score (nSPS) is 12.3. The number of benzene rings is 3. The van der Waals surface area contributed by atoms with Crippen LogP contribution in [-0.2, 0) is 15.6 Å². The summed E-state index contributed by atoms with van der Waals surface area (Å²) in [4.78, 5) is 25.4. The van der Waals surface area contributed by atoms with Crippen LogP contribution in [0.4, 0.5) is 5.69 Å². The summed E-state index contributed by atoms with van der Waals surface area (Å²) in [5.41, 5.74) is 2.71. The van der Waals surface area contributed by atoms with E-state index in [4.69, 9.17) is 39.5 Å². The minimum absolute atomic E-state index is 0.00894. The molecule has 0 heterocycles. The molecule has 2 amide bonds. The minimum Gasteiger partial charge on any atom is -0.506 e. The van der Waals surface area contributed by atoms with Gasteiger partial charge in [-0.1, -0.05) is 113 Å². The molecule has 3 aromatic carbocycles. The first kappa shape index (κ1) is 32.8. The Labute approximate surface area is 257 Å². The van der Waals surface area contributed by atoms with E-state index in [0.717, 1.165) is 18.6 Å². The zero-order valence-corrected chi connectivity index (χ0v) is 26.7. The van der Waals surface area contributed by atoms with Crippen molar-refractivity contribution in [1.29, 1.82) is 0 Å². The summed E-state index contributed by atoms with van der Waals surface area (Å²) in [6.07, 6.45) is 2.55. The fraction of sp³-hybridized carbons (Fsp3) is 0.438. The van der Waals surface area contributed by atoms with Crippen LogP contribution in [0.1, 0.15) is 82.3 Å². The van der Waals surface area contributed by atoms with E-state index in [1.165, 1.54) is 17.2 Å². The van der Waals surface area contributed by atoms with E-state index in [9.17, 15) is 14.7 Å². The maximum absolute atomic E-state index is 13.1. The number of ether oxygens (including phenoxy) is 1. The van der Waals surface area contributed by atoms with Gasteiger partial charge in [0.15, 0.2) is 0 Å². The van der Waals surface area contributed by atoms with Gasteiger partial charge in [0.1, 0.15) is 11.5 Å². The fourth-order valence-electron chi connectivity index (χ4n) is 4.38. The number of phenols is 1. The molecule has 3 rings (SSSR count). The highest BCUT2D eigenvalue weighted by Gasteiger charge is 2.31. The largest absolute Gasteiger partial charge is 0.506 e. The van der Waals surface area contributed by atoms with E-state index in [1.54, 1.807) is 24.3 Å². The smallest absolute Gasteiger partial charge is 0.276 e. The molecule has 0 aliphatic carbocycles. The summed E-state index contributed by atoms with van der Waals surface area (Å²) < 4.78 is 4.01. The summed E-state index contributed by atoms with van der Waals surface area (Å²) in [6.45, 7) is 14.0. The second-order valence-corrected chi connectivity index (χ2v) is 13.7. The zero-order chi connectivity index (χ0) is 30.6. The lowest BCUT2D eigenvalue weighted by molar-refractivity contribution is -0.115. The predicted octanol–water partition coefficient (Wildman–Crippen LogP) is 8.43. The molecule has 0 aliphatic heterocycles. The summed E-state index contributed by atoms with van der Waals surface area (Å²) in [7, 11) is 0. The fourth-order valence-corrected chi connectivity index (χ4v) is 4.52. The number of rotatable bonds is 11. The van der Waals surface area contributed by atoms with Crippen LogP contribution in [-0.4, -0.2) is 33.9 Å². The maximum Gasteiger partial charge on any atom is 0.276 e. The van der Waals surface area contributed by atoms with Crippen molar-refractivity contribution in [2.75, 3.05) is 18.5 Å². The Kier molecular flexibility index (Phi) is 10.5. The van der Waals surface area contributed by atoms with Crippen molar-refractivity contribution in [3.63, 3.8) is 0 Å². The predicted molar refractivity (Wildman–Crippen MR) is 170 cm³/mol. The van der Waals surface area contributed by atoms with E-state index >= 15 is 0 Å². The highest BCUT2D eigenvalue weighted by Crippen LogP contribution is 2.39. The molecule has 0 saturated heterocycles. The molecule has 3 aromatic rings. The number of aromatic hydroxyl groups is 1. The molecule has 222 valence electrons. The van der Waals surface area contributed by atoms with Gasteiger partial charge in [-0.2, -0.15) is 0 Å². The highest BCUT2D eigenvalue weighted by atomic mass is 35.6. The molecule has 0 bridgehead atoms. The molecule has 0 fully saturated rings. The Hall–Kier alpha value is -2.67. The third-order valence-electron chi connectivity index (χ3n) is 7.89. The van der Waals surface area contributed by atoms with Crippen molar-refractivity contribution in [2.24, 2.45) is 0 Å². The SMILES string of the molecule is CCC(C)(C)c1ccc(OCCCNC(=O)c2cc(NC(=O)C(Cl)(Cl)Cl)c3ccccc3c2O)c(C(C)(C)CC)c1. The van der Waals surface area contributed by atoms with Crippen molar-refractivity contribution >= 4 is 63.1 Å². The van der Waals surface area contributed by atoms with Gasteiger partial charge in [0.2, 0.25) is 0 Å². The number of halogens is 3. The molecule has 6 nitrogen and oxygen atoms in total. The number of hydrogen-bond acceptors (Lipinski definition) is 4. The number of anilines is 1. The molecule has 0 unspecified atom stereocenters. The van der Waals surface area contributed by atoms with Gasteiger partial charge in [0.05, 0.1) is 12.2 Å². The van der Waals surface area contributed by atoms with Crippen LogP contribution in [0.3, 0.4) is 0 Å². The number of nitrogens with one attached hydrogen (secondary N) is 2. The monoisotopic (exact) mass is 620 g/mol. The van der Waals surface area contributed by atoms with Gasteiger partial charge in [-0.25, -0.2) is 0 Å². The van der Waals surface area contributed by atoms with Crippen LogP contribution in [0.15, 0.2) is 48.5 Å². The van der Waals surface area contributed by atoms with Gasteiger partial charge >= 0.3 is 0 Å². The van der Waals surface area contributed by atoms with Crippen LogP contribution in [0, 0.1) is 0 Å². The topological polar surface area (TPSA) is 87.7 Å². The summed E-state index contributed by atoms with van der Waals surface area (Å²) in [5.74, 6) is -0.738. The quantitative estimate of drug-likeness (QED) is 0.114. The van der Waals surface area contributed by atoms with E-state index in [1.807, 2.05) is 0 Å². The molecule has 0 spiro atoms. The van der Waals surface area contributed by atoms with Crippen LogP contribution < -0.4 is 15.4 Å². The van der Waals surface area contributed by atoms with Gasteiger partial charge in [-0.05, 0) is 47.8 Å². The van der Waals surface area contributed by atoms with E-state index in [0.29, 0.717) is 30.3 Å². The van der Waals surface area contributed by atoms with Crippen LogP contribution >= 0.6 is 34.8 Å². The van der Waals surface area contributed by atoms with Crippen LogP contribution in [0.5, 0.6) is 11.5 Å². The van der Waals surface area contributed by atoms with Gasteiger partial charge in [-0.15, -0.1) is 0 Å². The van der Waals surface area contributed by atoms with Crippen molar-refractivity contribution in [2.45, 2.75) is 75.4 Å². The Morgan fingerprint density at radius 3 is 2.15 bits per heavy atom. The molecule has 9 heteroatoms. The van der Waals surface area contributed by atoms with E-state index in [2.05, 4.69) is 70.4 Å². The Balaban J connectivity index is 1.72. The second-order valence-electron chi connectivity index (χ2n) is 11.5. The first-order valence-electron chi connectivity index (χ1n) is 13.8. The molecule has 41 heavy (non-hydrogen) atoms. The lowest BCUT2D eigenvalue weighted by Gasteiger charge is -2.30. The standard InChI is InChI=1S/C32H39Cl3N2O4/c1-7-30(3,4)20-14-15-26(24(18-20)31(5,6)8-2)41-17-11-16-36-28(39)23-19-25(37-29(40)32(33,34)35)21-12-9-10-13-22(21)27(23)38/h9-10,12-15,18-19,38H,7-8,11,16-17H2,1-6H3,(H,36,39)(H,37,40). The maximum atomic E-state index is 13.1. The average Bonchev–Trinajstić information content (AvgIpc) is 2.93. The molecule has 0 radical (unpaired) electrons. The number of amides is 2. The summed E-state index contributed by atoms with van der Waals surface area (Å²) in [5, 5.41) is 17.1. The van der Waals surface area contributed by atoms with E-state index < -0.39 is 15.6 Å². The van der Waals surface area contributed by atoms with Gasteiger partial charge < -0.3 is 20.5 Å². The lowest BCUT2D eigenvalue weighted by Crippen LogP contribution is -2.28. The van der Waals surface area contributed by atoms with Gasteiger partial charge in [-0.3, -0.25) is 9.59 Å². The molecule has 0 aromatic heterocycles. The third kappa shape index (κ3) is 7.79. The average molecular weight is 622 g/mol. The Morgan fingerprint density at radius 2 is 1.54 bits per heavy atom. The number of alkyl halides is 3. The molecule has 0 atom stereocenters. The Bertz CT molecular complexity index is 1410. The molecule has 3 N–H and O–H groups in total. The lowest BCUT2D eigenvalue weighted by atomic mass is 9.76. The first-order valence-corrected chi connectivity index (χ1v) is 14.9. The number of fused-ring (bicyclic) bond motifs is 1. The Morgan fingerprint density at radius 1 is 0.902 bits per heavy atom. The molecular formula is C32H39Cl3N2O4. The van der Waals surface area contributed by atoms with Gasteiger partial charge in [0.25, 0.3) is 15.6 Å². The number of carbonyl (C=O) groups is 2. The summed E-state index contributed by atoms with van der Waals surface area (Å²) >= 11 is 17.1. The van der Waals surface area contributed by atoms with Crippen molar-refractivity contribution in [3.8, 4) is 11.5 Å². The third-order valence-corrected chi connectivity index (χ3v) is 8.40. The minimum atomic E-state index is -2.19. The van der Waals surface area contributed by atoms with Crippen molar-refractivity contribution in [3.05, 3.63) is 65.2 Å². The van der Waals surface area contributed by atoms with Crippen molar-refractivity contribution in [1.82, 2.24) is 5.32 Å². The van der Waals surface area contributed by atoms with E-state index in [-0.39, 0.29) is 27.8 Å². The number of phenolic OH excluding ortho intramolecular Hbond substituents is 1.